The van der Waals surface area contributed by atoms with Crippen molar-refractivity contribution in [3.8, 4) is 0 Å². The van der Waals surface area contributed by atoms with E-state index in [0.29, 0.717) is 18.0 Å². The average Bonchev–Trinajstić information content (AvgIpc) is 3.15. The Morgan fingerprint density at radius 3 is 2.74 bits per heavy atom. The van der Waals surface area contributed by atoms with Crippen molar-refractivity contribution < 1.29 is 4.79 Å². The summed E-state index contributed by atoms with van der Waals surface area (Å²) in [6, 6.07) is 2.83. The van der Waals surface area contributed by atoms with Gasteiger partial charge in [-0.15, -0.1) is 0 Å². The summed E-state index contributed by atoms with van der Waals surface area (Å²) in [7, 11) is 0. The van der Waals surface area contributed by atoms with E-state index in [9.17, 15) is 4.79 Å². The molecule has 0 saturated heterocycles. The third-order valence-electron chi connectivity index (χ3n) is 4.42. The quantitative estimate of drug-likeness (QED) is 0.899. The van der Waals surface area contributed by atoms with E-state index in [1.807, 2.05) is 12.3 Å². The molecule has 3 nitrogen and oxygen atoms in total. The largest absolute Gasteiger partial charge is 0.348 e. The minimum Gasteiger partial charge on any atom is -0.348 e. The number of carbonyl (C=O) groups excluding carboxylic acids is 1. The molecule has 0 aliphatic heterocycles. The molecule has 0 aromatic carbocycles. The van der Waals surface area contributed by atoms with Crippen molar-refractivity contribution in [1.29, 1.82) is 0 Å². The Morgan fingerprint density at radius 1 is 1.32 bits per heavy atom. The maximum Gasteiger partial charge on any atom is 0.268 e. The zero-order chi connectivity index (χ0) is 13.4. The zero-order valence-electron chi connectivity index (χ0n) is 11.4. The van der Waals surface area contributed by atoms with Gasteiger partial charge < -0.3 is 9.88 Å². The number of hydrogen-bond donors (Lipinski definition) is 1. The van der Waals surface area contributed by atoms with Gasteiger partial charge in [0, 0.05) is 22.8 Å². The highest BCUT2D eigenvalue weighted by molar-refractivity contribution is 9.10. The molecule has 1 aromatic rings. The van der Waals surface area contributed by atoms with Gasteiger partial charge in [-0.2, -0.15) is 0 Å². The summed E-state index contributed by atoms with van der Waals surface area (Å²) in [5, 5.41) is 3.24. The predicted octanol–water partition coefficient (Wildman–Crippen LogP) is 3.89. The number of carbonyl (C=O) groups is 1. The van der Waals surface area contributed by atoms with Crippen molar-refractivity contribution >= 4 is 21.8 Å². The van der Waals surface area contributed by atoms with Gasteiger partial charge in [-0.05, 0) is 53.6 Å². The molecule has 19 heavy (non-hydrogen) atoms. The third kappa shape index (κ3) is 2.88. The smallest absolute Gasteiger partial charge is 0.268 e. The maximum atomic E-state index is 12.5. The first-order valence-corrected chi connectivity index (χ1v) is 8.12. The van der Waals surface area contributed by atoms with Gasteiger partial charge >= 0.3 is 0 Å². The van der Waals surface area contributed by atoms with Crippen LogP contribution in [0.15, 0.2) is 16.7 Å². The number of nitrogens with zero attached hydrogens (tertiary/aromatic N) is 1. The van der Waals surface area contributed by atoms with E-state index >= 15 is 0 Å². The Kier molecular flexibility index (Phi) is 3.70. The lowest BCUT2D eigenvalue weighted by Crippen LogP contribution is -2.41. The molecule has 1 heterocycles. The first-order chi connectivity index (χ1) is 9.15. The van der Waals surface area contributed by atoms with Crippen LogP contribution in [0.4, 0.5) is 0 Å². The van der Waals surface area contributed by atoms with Gasteiger partial charge in [-0.25, -0.2) is 0 Å². The summed E-state index contributed by atoms with van der Waals surface area (Å²) in [5.74, 6) is 0.696. The minimum absolute atomic E-state index is 0.0938. The van der Waals surface area contributed by atoms with Crippen LogP contribution in [-0.2, 0) is 0 Å². The molecule has 0 radical (unpaired) electrons. The standard InChI is InChI=1S/C15H21BrN2O/c1-10-4-2-3-5-13(10)17-15(19)14-8-11(16)9-18(14)12-6-7-12/h8-10,12-13H,2-7H2,1H3,(H,17,19). The Labute approximate surface area is 122 Å². The van der Waals surface area contributed by atoms with Crippen LogP contribution < -0.4 is 5.32 Å². The van der Waals surface area contributed by atoms with E-state index in [0.717, 1.165) is 16.6 Å². The lowest BCUT2D eigenvalue weighted by atomic mass is 9.86. The monoisotopic (exact) mass is 324 g/mol. The van der Waals surface area contributed by atoms with Crippen LogP contribution in [0, 0.1) is 5.92 Å². The Balaban J connectivity index is 1.72. The second kappa shape index (κ2) is 5.31. The fourth-order valence-corrected chi connectivity index (χ4v) is 3.49. The van der Waals surface area contributed by atoms with Gasteiger partial charge in [0.05, 0.1) is 0 Å². The van der Waals surface area contributed by atoms with E-state index in [1.54, 1.807) is 0 Å². The van der Waals surface area contributed by atoms with Crippen molar-refractivity contribution in [2.75, 3.05) is 0 Å². The van der Waals surface area contributed by atoms with E-state index in [2.05, 4.69) is 32.7 Å². The second-order valence-corrected chi connectivity index (χ2v) is 6.94. The first-order valence-electron chi connectivity index (χ1n) is 7.33. The highest BCUT2D eigenvalue weighted by Crippen LogP contribution is 2.37. The molecule has 2 saturated carbocycles. The lowest BCUT2D eigenvalue weighted by molar-refractivity contribution is 0.0900. The highest BCUT2D eigenvalue weighted by Gasteiger charge is 2.29. The van der Waals surface area contributed by atoms with Crippen molar-refractivity contribution in [1.82, 2.24) is 9.88 Å². The zero-order valence-corrected chi connectivity index (χ0v) is 12.9. The Hall–Kier alpha value is -0.770. The van der Waals surface area contributed by atoms with Crippen LogP contribution in [0.2, 0.25) is 0 Å². The predicted molar refractivity (Wildman–Crippen MR) is 79.3 cm³/mol. The maximum absolute atomic E-state index is 12.5. The van der Waals surface area contributed by atoms with Gasteiger partial charge in [0.15, 0.2) is 0 Å². The fourth-order valence-electron chi connectivity index (χ4n) is 3.06. The summed E-state index contributed by atoms with van der Waals surface area (Å²) < 4.78 is 3.13. The molecule has 104 valence electrons. The topological polar surface area (TPSA) is 34.0 Å². The molecule has 2 unspecified atom stereocenters. The fraction of sp³-hybridized carbons (Fsp3) is 0.667. The lowest BCUT2D eigenvalue weighted by Gasteiger charge is -2.29. The minimum atomic E-state index is 0.0938. The SMILES string of the molecule is CC1CCCCC1NC(=O)c1cc(Br)cn1C1CC1. The van der Waals surface area contributed by atoms with Crippen molar-refractivity contribution in [2.45, 2.75) is 57.5 Å². The summed E-state index contributed by atoms with van der Waals surface area (Å²) in [4.78, 5) is 12.5. The number of nitrogens with one attached hydrogen (secondary N) is 1. The van der Waals surface area contributed by atoms with Gasteiger partial charge in [-0.3, -0.25) is 4.79 Å². The normalized spacial score (nSPS) is 27.3. The molecular weight excluding hydrogens is 304 g/mol. The number of amides is 1. The van der Waals surface area contributed by atoms with Gasteiger partial charge in [0.1, 0.15) is 5.69 Å². The molecule has 1 amide bonds. The van der Waals surface area contributed by atoms with Crippen LogP contribution in [0.5, 0.6) is 0 Å². The number of rotatable bonds is 3. The molecule has 3 rings (SSSR count). The first kappa shape index (κ1) is 13.2. The average molecular weight is 325 g/mol. The van der Waals surface area contributed by atoms with Crippen LogP contribution in [0.25, 0.3) is 0 Å². The van der Waals surface area contributed by atoms with Crippen molar-refractivity contribution in [3.63, 3.8) is 0 Å². The van der Waals surface area contributed by atoms with Crippen LogP contribution in [0.1, 0.15) is 62.0 Å². The van der Waals surface area contributed by atoms with Crippen LogP contribution >= 0.6 is 15.9 Å². The van der Waals surface area contributed by atoms with Gasteiger partial charge in [-0.1, -0.05) is 19.8 Å². The summed E-state index contributed by atoms with van der Waals surface area (Å²) >= 11 is 3.48. The Morgan fingerprint density at radius 2 is 2.05 bits per heavy atom. The van der Waals surface area contributed by atoms with Crippen molar-refractivity contribution in [3.05, 3.63) is 22.4 Å². The molecule has 2 aliphatic rings. The molecule has 1 N–H and O–H groups in total. The molecule has 1 aromatic heterocycles. The summed E-state index contributed by atoms with van der Waals surface area (Å²) in [6.07, 6.45) is 9.33. The van der Waals surface area contributed by atoms with Crippen molar-refractivity contribution in [2.24, 2.45) is 5.92 Å². The van der Waals surface area contributed by atoms with Gasteiger partial charge in [0.25, 0.3) is 5.91 Å². The Bertz CT molecular complexity index is 478. The molecule has 0 spiro atoms. The molecular formula is C15H21BrN2O. The second-order valence-electron chi connectivity index (χ2n) is 6.02. The van der Waals surface area contributed by atoms with Gasteiger partial charge in [0.2, 0.25) is 0 Å². The molecule has 2 fully saturated rings. The highest BCUT2D eigenvalue weighted by atomic mass is 79.9. The van der Waals surface area contributed by atoms with E-state index < -0.39 is 0 Å². The number of hydrogen-bond acceptors (Lipinski definition) is 1. The van der Waals surface area contributed by atoms with Crippen LogP contribution in [0.3, 0.4) is 0 Å². The summed E-state index contributed by atoms with van der Waals surface area (Å²) in [5.41, 5.74) is 0.812. The molecule has 0 bridgehead atoms. The third-order valence-corrected chi connectivity index (χ3v) is 4.85. The molecule has 4 heteroatoms. The molecule has 2 aliphatic carbocycles. The molecule has 2 atom stereocenters. The number of aromatic nitrogens is 1. The van der Waals surface area contributed by atoms with E-state index in [1.165, 1.54) is 32.1 Å². The number of halogens is 1. The summed E-state index contributed by atoms with van der Waals surface area (Å²) in [6.45, 7) is 2.25. The van der Waals surface area contributed by atoms with E-state index in [4.69, 9.17) is 0 Å². The van der Waals surface area contributed by atoms with Crippen LogP contribution in [-0.4, -0.2) is 16.5 Å². The van der Waals surface area contributed by atoms with E-state index in [-0.39, 0.29) is 5.91 Å².